The number of unbranched alkanes of at least 4 members (excludes halogenated alkanes) is 7. The van der Waals surface area contributed by atoms with Crippen molar-refractivity contribution in [3.8, 4) is 0 Å². The Morgan fingerprint density at radius 1 is 1.08 bits per heavy atom. The van der Waals surface area contributed by atoms with E-state index in [2.05, 4.69) is 26.4 Å². The van der Waals surface area contributed by atoms with Crippen molar-refractivity contribution in [3.63, 3.8) is 0 Å². The molecular weight excluding hydrogens is 362 g/mol. The highest BCUT2D eigenvalue weighted by Gasteiger charge is 2.43. The third kappa shape index (κ3) is 8.63. The Bertz CT molecular complexity index is 541. The van der Waals surface area contributed by atoms with Crippen LogP contribution in [0.4, 0.5) is 0 Å². The normalized spacial score (nSPS) is 26.0. The van der Waals surface area contributed by atoms with E-state index in [1.165, 1.54) is 25.7 Å². The Labute approximate surface area is 155 Å². The van der Waals surface area contributed by atoms with Crippen molar-refractivity contribution >= 4 is 10.2 Å². The van der Waals surface area contributed by atoms with E-state index in [0.717, 1.165) is 25.7 Å². The van der Waals surface area contributed by atoms with E-state index >= 15 is 0 Å². The summed E-state index contributed by atoms with van der Waals surface area (Å²) in [6.07, 6.45) is 3.86. The molecule has 0 spiro atoms. The summed E-state index contributed by atoms with van der Waals surface area (Å²) in [6, 6.07) is 0. The lowest BCUT2D eigenvalue weighted by Gasteiger charge is -2.17. The Morgan fingerprint density at radius 3 is 2.31 bits per heavy atom. The van der Waals surface area contributed by atoms with Crippen LogP contribution in [0.25, 0.3) is 10.4 Å². The van der Waals surface area contributed by atoms with Crippen molar-refractivity contribution in [1.29, 1.82) is 0 Å². The van der Waals surface area contributed by atoms with Gasteiger partial charge in [-0.25, -0.2) is 4.72 Å². The summed E-state index contributed by atoms with van der Waals surface area (Å²) in [5.41, 5.74) is 8.28. The van der Waals surface area contributed by atoms with Gasteiger partial charge in [0.2, 0.25) is 0 Å². The molecule has 0 bridgehead atoms. The Morgan fingerprint density at radius 2 is 1.69 bits per heavy atom. The number of hydrogen-bond donors (Lipinski definition) is 4. The van der Waals surface area contributed by atoms with Crippen LogP contribution in [0.15, 0.2) is 5.11 Å². The molecule has 152 valence electrons. The maximum atomic E-state index is 12.0. The van der Waals surface area contributed by atoms with Crippen molar-refractivity contribution < 1.29 is 23.4 Å². The zero-order valence-corrected chi connectivity index (χ0v) is 16.1. The maximum absolute atomic E-state index is 12.0. The van der Waals surface area contributed by atoms with Crippen molar-refractivity contribution in [2.75, 3.05) is 13.1 Å². The molecule has 0 radical (unpaired) electrons. The number of rotatable bonds is 14. The lowest BCUT2D eigenvalue weighted by molar-refractivity contribution is 0.00632. The van der Waals surface area contributed by atoms with Gasteiger partial charge in [0.15, 0.2) is 6.23 Å². The van der Waals surface area contributed by atoms with E-state index in [4.69, 9.17) is 10.3 Å². The van der Waals surface area contributed by atoms with Gasteiger partial charge in [0.1, 0.15) is 12.2 Å². The van der Waals surface area contributed by atoms with Crippen LogP contribution in [0.5, 0.6) is 0 Å². The van der Waals surface area contributed by atoms with Gasteiger partial charge >= 0.3 is 0 Å². The third-order valence-corrected chi connectivity index (χ3v) is 5.41. The molecule has 0 amide bonds. The molecule has 4 atom stereocenters. The average molecular weight is 394 g/mol. The van der Waals surface area contributed by atoms with Crippen LogP contribution >= 0.6 is 0 Å². The molecule has 0 aliphatic carbocycles. The van der Waals surface area contributed by atoms with Crippen LogP contribution < -0.4 is 9.44 Å². The van der Waals surface area contributed by atoms with Crippen molar-refractivity contribution in [3.05, 3.63) is 10.4 Å². The van der Waals surface area contributed by atoms with Gasteiger partial charge in [-0.3, -0.25) is 0 Å². The quantitative estimate of drug-likeness (QED) is 0.151. The maximum Gasteiger partial charge on any atom is 0.279 e. The van der Waals surface area contributed by atoms with Crippen molar-refractivity contribution in [2.45, 2.75) is 82.8 Å². The standard InChI is InChI=1S/C15H31N5O5S/c1-2-3-4-5-6-7-8-9-10-18-26(23,24)19-15-14(22)13(21)12(25-15)11-17-20-16/h12-15,18-19,21-22H,2-11H2,1H3/t12-,13-,14+,15?/m1/s1. The molecule has 4 N–H and O–H groups in total. The first-order valence-corrected chi connectivity index (χ1v) is 10.7. The predicted octanol–water partition coefficient (Wildman–Crippen LogP) is 1.31. The molecule has 1 saturated heterocycles. The number of nitrogens with zero attached hydrogens (tertiary/aromatic N) is 3. The number of nitrogens with one attached hydrogen (secondary N) is 2. The first kappa shape index (κ1) is 23.1. The fraction of sp³-hybridized carbons (Fsp3) is 1.00. The Balaban J connectivity index is 2.24. The van der Waals surface area contributed by atoms with E-state index in [0.29, 0.717) is 0 Å². The zero-order chi connectivity index (χ0) is 19.4. The fourth-order valence-electron chi connectivity index (χ4n) is 2.77. The summed E-state index contributed by atoms with van der Waals surface area (Å²) in [7, 11) is -3.87. The zero-order valence-electron chi connectivity index (χ0n) is 15.2. The van der Waals surface area contributed by atoms with Crippen LogP contribution in [-0.4, -0.2) is 56.3 Å². The van der Waals surface area contributed by atoms with E-state index in [1.807, 2.05) is 0 Å². The second-order valence-corrected chi connectivity index (χ2v) is 8.01. The topological polar surface area (TPSA) is 157 Å². The SMILES string of the molecule is CCCCCCCCCCNS(=O)(=O)NC1O[C@H](CN=[N+]=[N-])[C@@H](O)[C@@H]1O. The second kappa shape index (κ2) is 12.4. The molecule has 1 heterocycles. The van der Waals surface area contributed by atoms with Gasteiger partial charge < -0.3 is 14.9 Å². The van der Waals surface area contributed by atoms with E-state index in [1.54, 1.807) is 0 Å². The van der Waals surface area contributed by atoms with E-state index in [-0.39, 0.29) is 13.1 Å². The summed E-state index contributed by atoms with van der Waals surface area (Å²) >= 11 is 0. The summed E-state index contributed by atoms with van der Waals surface area (Å²) in [5.74, 6) is 0. The number of hydrogen-bond acceptors (Lipinski definition) is 6. The van der Waals surface area contributed by atoms with E-state index in [9.17, 15) is 18.6 Å². The molecule has 1 fully saturated rings. The highest BCUT2D eigenvalue weighted by atomic mass is 32.2. The molecule has 11 heteroatoms. The van der Waals surface area contributed by atoms with Gasteiger partial charge in [0.05, 0.1) is 12.6 Å². The Hall–Kier alpha value is -0.940. The van der Waals surface area contributed by atoms with Crippen molar-refractivity contribution in [1.82, 2.24) is 9.44 Å². The number of ether oxygens (including phenoxy) is 1. The first-order chi connectivity index (χ1) is 12.4. The van der Waals surface area contributed by atoms with Crippen LogP contribution in [-0.2, 0) is 14.9 Å². The van der Waals surface area contributed by atoms with E-state index < -0.39 is 34.7 Å². The molecule has 1 aliphatic rings. The summed E-state index contributed by atoms with van der Waals surface area (Å²) < 4.78 is 33.8. The monoisotopic (exact) mass is 393 g/mol. The largest absolute Gasteiger partial charge is 0.388 e. The second-order valence-electron chi connectivity index (χ2n) is 6.48. The molecule has 1 unspecified atom stereocenters. The van der Waals surface area contributed by atoms with Gasteiger partial charge in [-0.2, -0.15) is 13.1 Å². The van der Waals surface area contributed by atoms with Gasteiger partial charge in [-0.1, -0.05) is 57.0 Å². The highest BCUT2D eigenvalue weighted by molar-refractivity contribution is 7.87. The molecule has 10 nitrogen and oxygen atoms in total. The smallest absolute Gasteiger partial charge is 0.279 e. The molecule has 0 aromatic rings. The minimum atomic E-state index is -3.87. The summed E-state index contributed by atoms with van der Waals surface area (Å²) in [5, 5.41) is 22.9. The highest BCUT2D eigenvalue weighted by Crippen LogP contribution is 2.20. The third-order valence-electron chi connectivity index (χ3n) is 4.28. The average Bonchev–Trinajstić information content (AvgIpc) is 2.86. The molecule has 0 aromatic carbocycles. The lowest BCUT2D eigenvalue weighted by atomic mass is 10.1. The van der Waals surface area contributed by atoms with Gasteiger partial charge in [-0.15, -0.1) is 0 Å². The number of azide groups is 1. The molecule has 0 saturated carbocycles. The van der Waals surface area contributed by atoms with Crippen LogP contribution in [0.2, 0.25) is 0 Å². The van der Waals surface area contributed by atoms with Crippen LogP contribution in [0.3, 0.4) is 0 Å². The molecule has 1 rings (SSSR count). The van der Waals surface area contributed by atoms with Crippen molar-refractivity contribution in [2.24, 2.45) is 5.11 Å². The van der Waals surface area contributed by atoms with Crippen LogP contribution in [0, 0.1) is 0 Å². The molecule has 0 aromatic heterocycles. The first-order valence-electron chi connectivity index (χ1n) is 9.20. The van der Waals surface area contributed by atoms with Gasteiger partial charge in [0, 0.05) is 11.5 Å². The summed E-state index contributed by atoms with van der Waals surface area (Å²) in [4.78, 5) is 2.55. The van der Waals surface area contributed by atoms with Gasteiger partial charge in [0.25, 0.3) is 10.2 Å². The van der Waals surface area contributed by atoms with Gasteiger partial charge in [-0.05, 0) is 12.0 Å². The lowest BCUT2D eigenvalue weighted by Crippen LogP contribution is -2.48. The Kier molecular flexibility index (Phi) is 11.1. The molecular formula is C15H31N5O5S. The number of aliphatic hydroxyl groups is 2. The minimum Gasteiger partial charge on any atom is -0.388 e. The predicted molar refractivity (Wildman–Crippen MR) is 97.4 cm³/mol. The minimum absolute atomic E-state index is 0.196. The molecule has 26 heavy (non-hydrogen) atoms. The fourth-order valence-corrected chi connectivity index (χ4v) is 3.77. The summed E-state index contributed by atoms with van der Waals surface area (Å²) in [6.45, 7) is 2.27. The van der Waals surface area contributed by atoms with Crippen LogP contribution in [0.1, 0.15) is 58.3 Å². The number of aliphatic hydroxyl groups excluding tert-OH is 2. The molecule has 1 aliphatic heterocycles.